The number of nitrogens with one attached hydrogen (secondary N) is 1. The van der Waals surface area contributed by atoms with E-state index in [4.69, 9.17) is 14.6 Å². The molecule has 0 saturated heterocycles. The Labute approximate surface area is 214 Å². The number of halogens is 1. The van der Waals surface area contributed by atoms with Crippen LogP contribution in [0, 0.1) is 5.82 Å². The highest BCUT2D eigenvalue weighted by atomic mass is 32.2. The summed E-state index contributed by atoms with van der Waals surface area (Å²) in [5.74, 6) is -0.0819. The molecular formula is C24H28FN7O4S. The number of carbonyl (C=O) groups is 1. The van der Waals surface area contributed by atoms with Crippen LogP contribution in [0.15, 0.2) is 46.0 Å². The molecule has 0 aliphatic heterocycles. The molecule has 1 aliphatic rings. The highest BCUT2D eigenvalue weighted by Gasteiger charge is 2.24. The Morgan fingerprint density at radius 2 is 1.97 bits per heavy atom. The van der Waals surface area contributed by atoms with Crippen LogP contribution in [-0.2, 0) is 22.8 Å². The number of nitrogens with two attached hydrogens (primary N) is 1. The summed E-state index contributed by atoms with van der Waals surface area (Å²) >= 11 is 0. The molecule has 3 N–H and O–H groups in total. The van der Waals surface area contributed by atoms with Crippen LogP contribution < -0.4 is 19.9 Å². The maximum Gasteiger partial charge on any atom is 0.354 e. The lowest BCUT2D eigenvalue weighted by Gasteiger charge is -2.15. The van der Waals surface area contributed by atoms with Gasteiger partial charge in [-0.05, 0) is 56.6 Å². The van der Waals surface area contributed by atoms with Crippen molar-refractivity contribution in [1.82, 2.24) is 19.9 Å². The number of ether oxygens (including phenoxy) is 2. The molecule has 0 spiro atoms. The summed E-state index contributed by atoms with van der Waals surface area (Å²) < 4.78 is 41.4. The minimum absolute atomic E-state index is 0.102. The molecule has 0 radical (unpaired) electrons. The van der Waals surface area contributed by atoms with Gasteiger partial charge >= 0.3 is 6.03 Å². The van der Waals surface area contributed by atoms with Gasteiger partial charge in [-0.3, -0.25) is 0 Å². The van der Waals surface area contributed by atoms with Crippen molar-refractivity contribution in [2.24, 2.45) is 9.50 Å². The van der Waals surface area contributed by atoms with E-state index in [1.807, 2.05) is 25.1 Å². The van der Waals surface area contributed by atoms with Gasteiger partial charge in [0.05, 0.1) is 25.2 Å². The molecule has 2 amide bonds. The first-order valence-corrected chi connectivity index (χ1v) is 13.1. The van der Waals surface area contributed by atoms with Crippen molar-refractivity contribution in [3.05, 3.63) is 53.6 Å². The number of hydrogen-bond acceptors (Lipinski definition) is 8. The molecule has 1 aromatic carbocycles. The van der Waals surface area contributed by atoms with Crippen LogP contribution in [-0.4, -0.2) is 64.4 Å². The number of fused-ring (bicyclic) bond motifs is 1. The second-order valence-corrected chi connectivity index (χ2v) is 10.3. The highest BCUT2D eigenvalue weighted by molar-refractivity contribution is 7.91. The molecule has 1 atom stereocenters. The van der Waals surface area contributed by atoms with E-state index in [0.29, 0.717) is 30.8 Å². The topological polar surface area (TPSA) is 145 Å². The number of carbonyl (C=O) groups excluding carboxylic acids is 1. The number of anilines is 1. The fourth-order valence-electron chi connectivity index (χ4n) is 3.93. The fraction of sp³-hybridized carbons (Fsp3) is 0.333. The van der Waals surface area contributed by atoms with Crippen LogP contribution in [0.25, 0.3) is 11.4 Å². The predicted molar refractivity (Wildman–Crippen MR) is 136 cm³/mol. The molecule has 1 aliphatic carbocycles. The van der Waals surface area contributed by atoms with Crippen molar-refractivity contribution in [2.75, 3.05) is 39.7 Å². The van der Waals surface area contributed by atoms with Gasteiger partial charge in [-0.2, -0.15) is 4.98 Å². The maximum atomic E-state index is 13.4. The number of aromatic nitrogens is 3. The Kier molecular flexibility index (Phi) is 7.95. The van der Waals surface area contributed by atoms with Gasteiger partial charge in [0.25, 0.3) is 0 Å². The highest BCUT2D eigenvalue weighted by Crippen LogP contribution is 2.36. The number of pyridine rings is 1. The first kappa shape index (κ1) is 26.4. The van der Waals surface area contributed by atoms with E-state index in [9.17, 15) is 13.4 Å². The minimum atomic E-state index is -3.83. The zero-order valence-corrected chi connectivity index (χ0v) is 21.5. The summed E-state index contributed by atoms with van der Waals surface area (Å²) in [6.07, 6.45) is 4.54. The summed E-state index contributed by atoms with van der Waals surface area (Å²) in [4.78, 5) is 27.2. The number of benzene rings is 1. The first-order chi connectivity index (χ1) is 17.7. The molecule has 11 nitrogen and oxygen atoms in total. The SMILES string of the molecule is COc1ccc(OCCN(C)C)nc1S(N)(=O)=NC(=O)Nc1c(-c2ncc(F)cn2)ccc2c1CCC2. The molecule has 3 aromatic rings. The second kappa shape index (κ2) is 11.2. The minimum Gasteiger partial charge on any atom is -0.494 e. The van der Waals surface area contributed by atoms with Crippen LogP contribution in [0.5, 0.6) is 11.6 Å². The van der Waals surface area contributed by atoms with Crippen LogP contribution >= 0.6 is 0 Å². The van der Waals surface area contributed by atoms with Crippen LogP contribution in [0.2, 0.25) is 0 Å². The fourth-order valence-corrected chi connectivity index (χ4v) is 4.97. The lowest BCUT2D eigenvalue weighted by atomic mass is 10.0. The van der Waals surface area contributed by atoms with E-state index in [2.05, 4.69) is 24.6 Å². The van der Waals surface area contributed by atoms with Crippen molar-refractivity contribution in [3.63, 3.8) is 0 Å². The first-order valence-electron chi connectivity index (χ1n) is 11.5. The Bertz CT molecular complexity index is 1420. The van der Waals surface area contributed by atoms with Crippen molar-refractivity contribution in [3.8, 4) is 23.0 Å². The number of hydrogen-bond donors (Lipinski definition) is 2. The number of aryl methyl sites for hydroxylation is 1. The molecule has 2 heterocycles. The van der Waals surface area contributed by atoms with E-state index < -0.39 is 21.8 Å². The summed E-state index contributed by atoms with van der Waals surface area (Å²) in [7, 11) is 1.34. The quantitative estimate of drug-likeness (QED) is 0.453. The Morgan fingerprint density at radius 1 is 1.22 bits per heavy atom. The van der Waals surface area contributed by atoms with Gasteiger partial charge in [0.1, 0.15) is 6.61 Å². The molecule has 2 aromatic heterocycles. The van der Waals surface area contributed by atoms with E-state index in [-0.39, 0.29) is 22.5 Å². The van der Waals surface area contributed by atoms with E-state index in [1.54, 1.807) is 12.1 Å². The van der Waals surface area contributed by atoms with Gasteiger partial charge in [0, 0.05) is 18.2 Å². The van der Waals surface area contributed by atoms with Crippen molar-refractivity contribution in [2.45, 2.75) is 24.3 Å². The zero-order valence-electron chi connectivity index (χ0n) is 20.7. The molecule has 0 fully saturated rings. The summed E-state index contributed by atoms with van der Waals surface area (Å²) in [5.41, 5.74) is 2.86. The smallest absolute Gasteiger partial charge is 0.354 e. The van der Waals surface area contributed by atoms with Gasteiger partial charge in [-0.15, -0.1) is 4.36 Å². The Morgan fingerprint density at radius 3 is 2.68 bits per heavy atom. The maximum absolute atomic E-state index is 13.4. The van der Waals surface area contributed by atoms with Crippen molar-refractivity contribution in [1.29, 1.82) is 0 Å². The van der Waals surface area contributed by atoms with Crippen LogP contribution in [0.1, 0.15) is 17.5 Å². The van der Waals surface area contributed by atoms with Crippen LogP contribution in [0.3, 0.4) is 0 Å². The average molecular weight is 530 g/mol. The summed E-state index contributed by atoms with van der Waals surface area (Å²) in [5, 5.41) is 8.51. The molecule has 196 valence electrons. The number of amides is 2. The zero-order chi connectivity index (χ0) is 26.6. The second-order valence-electron chi connectivity index (χ2n) is 8.60. The summed E-state index contributed by atoms with van der Waals surface area (Å²) in [6, 6.07) is 5.79. The predicted octanol–water partition coefficient (Wildman–Crippen LogP) is 3.05. The van der Waals surface area contributed by atoms with Gasteiger partial charge in [0.15, 0.2) is 32.3 Å². The lowest BCUT2D eigenvalue weighted by molar-refractivity contribution is 0.251. The number of methoxy groups -OCH3 is 1. The molecule has 0 bridgehead atoms. The third-order valence-corrected chi connectivity index (χ3v) is 6.96. The van der Waals surface area contributed by atoms with Crippen molar-refractivity contribution < 1.29 is 22.9 Å². The monoisotopic (exact) mass is 529 g/mol. The third-order valence-electron chi connectivity index (χ3n) is 5.68. The van der Waals surface area contributed by atoms with Crippen LogP contribution in [0.4, 0.5) is 14.9 Å². The number of urea groups is 1. The van der Waals surface area contributed by atoms with Gasteiger partial charge in [-0.1, -0.05) is 6.07 Å². The van der Waals surface area contributed by atoms with Gasteiger partial charge < -0.3 is 19.7 Å². The Hall–Kier alpha value is -3.68. The molecule has 4 rings (SSSR count). The van der Waals surface area contributed by atoms with E-state index in [1.165, 1.54) is 13.2 Å². The molecule has 37 heavy (non-hydrogen) atoms. The number of likely N-dealkylation sites (N-methyl/N-ethyl adjacent to an activating group) is 1. The summed E-state index contributed by atoms with van der Waals surface area (Å²) in [6.45, 7) is 0.970. The number of rotatable bonds is 8. The standard InChI is InChI=1S/C24H28FN7O4S/c1-32(2)11-12-36-20-10-9-19(35-3)23(29-20)37(26,34)31-24(33)30-21-17-6-4-5-15(17)7-8-18(21)22-27-13-16(25)14-28-22/h7-10,13-14H,4-6,11-12H2,1-3H3,(H3,26,30,31,33,34). The third kappa shape index (κ3) is 6.18. The Balaban J connectivity index is 1.67. The van der Waals surface area contributed by atoms with E-state index in [0.717, 1.165) is 36.4 Å². The number of nitrogens with zero attached hydrogens (tertiary/aromatic N) is 5. The van der Waals surface area contributed by atoms with E-state index >= 15 is 0 Å². The normalized spacial score (nSPS) is 14.1. The van der Waals surface area contributed by atoms with Gasteiger partial charge in [-0.25, -0.2) is 28.5 Å². The average Bonchev–Trinajstić information content (AvgIpc) is 3.34. The largest absolute Gasteiger partial charge is 0.494 e. The molecular weight excluding hydrogens is 501 g/mol. The molecule has 13 heteroatoms. The van der Waals surface area contributed by atoms with Crippen molar-refractivity contribution >= 4 is 21.6 Å². The lowest BCUT2D eigenvalue weighted by Crippen LogP contribution is -2.22. The molecule has 1 unspecified atom stereocenters. The van der Waals surface area contributed by atoms with Gasteiger partial charge in [0.2, 0.25) is 5.88 Å². The molecule has 0 saturated carbocycles.